The van der Waals surface area contributed by atoms with Gasteiger partial charge in [0, 0.05) is 13.1 Å². The van der Waals surface area contributed by atoms with Crippen LogP contribution in [0.4, 0.5) is 0 Å². The van der Waals surface area contributed by atoms with Crippen LogP contribution in [0.15, 0.2) is 16.6 Å². The number of likely N-dealkylation sites (tertiary alicyclic amines) is 1. The number of nitrogens with zero attached hydrogens (tertiary/aromatic N) is 1. The summed E-state index contributed by atoms with van der Waals surface area (Å²) in [7, 11) is 3.00. The van der Waals surface area contributed by atoms with Crippen LogP contribution in [-0.2, 0) is 9.53 Å². The van der Waals surface area contributed by atoms with Gasteiger partial charge in [-0.1, -0.05) is 12.8 Å². The first kappa shape index (κ1) is 18.6. The standard InChI is InChI=1S/C17H22BrNO5/c1-22-13-9-12(10-14(23-2)16(13)18)17(21)24-11-15(20)19-7-5-3-4-6-8-19/h9-10H,3-8,11H2,1-2H3. The number of halogens is 1. The van der Waals surface area contributed by atoms with Crippen molar-refractivity contribution in [3.8, 4) is 11.5 Å². The third-order valence-electron chi connectivity index (χ3n) is 3.97. The minimum Gasteiger partial charge on any atom is -0.495 e. The van der Waals surface area contributed by atoms with Gasteiger partial charge in [0.25, 0.3) is 5.91 Å². The van der Waals surface area contributed by atoms with Crippen LogP contribution in [0, 0.1) is 0 Å². The summed E-state index contributed by atoms with van der Waals surface area (Å²) in [5.41, 5.74) is 0.274. The minimum absolute atomic E-state index is 0.152. The van der Waals surface area contributed by atoms with Crippen LogP contribution in [0.5, 0.6) is 11.5 Å². The SMILES string of the molecule is COc1cc(C(=O)OCC(=O)N2CCCCCC2)cc(OC)c1Br. The summed E-state index contributed by atoms with van der Waals surface area (Å²) >= 11 is 3.34. The van der Waals surface area contributed by atoms with Crippen LogP contribution in [0.25, 0.3) is 0 Å². The summed E-state index contributed by atoms with van der Waals surface area (Å²) in [4.78, 5) is 26.2. The van der Waals surface area contributed by atoms with E-state index in [1.165, 1.54) is 14.2 Å². The zero-order valence-electron chi connectivity index (χ0n) is 14.0. The second kappa shape index (κ2) is 8.92. The largest absolute Gasteiger partial charge is 0.495 e. The lowest BCUT2D eigenvalue weighted by Gasteiger charge is -2.20. The summed E-state index contributed by atoms with van der Waals surface area (Å²) in [5.74, 6) is 0.184. The van der Waals surface area contributed by atoms with Crippen molar-refractivity contribution in [1.29, 1.82) is 0 Å². The predicted molar refractivity (Wildman–Crippen MR) is 92.6 cm³/mol. The van der Waals surface area contributed by atoms with Crippen LogP contribution in [0.3, 0.4) is 0 Å². The fourth-order valence-corrected chi connectivity index (χ4v) is 3.16. The van der Waals surface area contributed by atoms with Crippen molar-refractivity contribution < 1.29 is 23.8 Å². The molecule has 0 atom stereocenters. The van der Waals surface area contributed by atoms with Gasteiger partial charge in [-0.15, -0.1) is 0 Å². The van der Waals surface area contributed by atoms with Gasteiger partial charge in [0.05, 0.1) is 19.8 Å². The maximum absolute atomic E-state index is 12.2. The van der Waals surface area contributed by atoms with Gasteiger partial charge in [-0.2, -0.15) is 0 Å². The van der Waals surface area contributed by atoms with Crippen LogP contribution in [-0.4, -0.2) is 50.7 Å². The summed E-state index contributed by atoms with van der Waals surface area (Å²) in [5, 5.41) is 0. The Kier molecular flexibility index (Phi) is 6.90. The maximum Gasteiger partial charge on any atom is 0.338 e. The van der Waals surface area contributed by atoms with Crippen molar-refractivity contribution in [3.63, 3.8) is 0 Å². The number of benzene rings is 1. The van der Waals surface area contributed by atoms with E-state index in [2.05, 4.69) is 15.9 Å². The molecule has 1 fully saturated rings. The van der Waals surface area contributed by atoms with Crippen LogP contribution in [0.1, 0.15) is 36.0 Å². The number of carbonyl (C=O) groups excluding carboxylic acids is 2. The Labute approximate surface area is 150 Å². The summed E-state index contributed by atoms with van der Waals surface area (Å²) in [6.45, 7) is 1.21. The molecule has 0 aromatic heterocycles. The monoisotopic (exact) mass is 399 g/mol. The lowest BCUT2D eigenvalue weighted by molar-refractivity contribution is -0.134. The normalized spacial score (nSPS) is 14.7. The first-order valence-corrected chi connectivity index (χ1v) is 8.72. The van der Waals surface area contributed by atoms with Crippen LogP contribution >= 0.6 is 15.9 Å². The van der Waals surface area contributed by atoms with E-state index in [1.807, 2.05) is 0 Å². The van der Waals surface area contributed by atoms with Gasteiger partial charge in [0.1, 0.15) is 16.0 Å². The zero-order chi connectivity index (χ0) is 17.5. The molecule has 1 aromatic rings. The van der Waals surface area contributed by atoms with Crippen molar-refractivity contribution in [2.24, 2.45) is 0 Å². The van der Waals surface area contributed by atoms with E-state index >= 15 is 0 Å². The highest BCUT2D eigenvalue weighted by Crippen LogP contribution is 2.35. The van der Waals surface area contributed by atoms with E-state index in [1.54, 1.807) is 17.0 Å². The molecule has 132 valence electrons. The summed E-state index contributed by atoms with van der Waals surface area (Å²) < 4.78 is 16.2. The number of carbonyl (C=O) groups is 2. The van der Waals surface area contributed by atoms with E-state index in [4.69, 9.17) is 14.2 Å². The summed E-state index contributed by atoms with van der Waals surface area (Å²) in [6, 6.07) is 3.09. The van der Waals surface area contributed by atoms with Crippen molar-refractivity contribution in [2.45, 2.75) is 25.7 Å². The quantitative estimate of drug-likeness (QED) is 0.711. The van der Waals surface area contributed by atoms with Crippen molar-refractivity contribution in [3.05, 3.63) is 22.2 Å². The molecule has 1 aliphatic heterocycles. The van der Waals surface area contributed by atoms with Gasteiger partial charge in [-0.3, -0.25) is 4.79 Å². The van der Waals surface area contributed by atoms with E-state index < -0.39 is 5.97 Å². The fourth-order valence-electron chi connectivity index (χ4n) is 2.61. The zero-order valence-corrected chi connectivity index (χ0v) is 15.6. The maximum atomic E-state index is 12.2. The molecular formula is C17H22BrNO5. The van der Waals surface area contributed by atoms with Gasteiger partial charge in [0.15, 0.2) is 6.61 Å². The average molecular weight is 400 g/mol. The molecule has 1 heterocycles. The number of ether oxygens (including phenoxy) is 3. The molecule has 2 rings (SSSR count). The molecule has 1 saturated heterocycles. The lowest BCUT2D eigenvalue weighted by Crippen LogP contribution is -2.35. The average Bonchev–Trinajstić information content (AvgIpc) is 2.89. The Morgan fingerprint density at radius 3 is 2.08 bits per heavy atom. The van der Waals surface area contributed by atoms with Crippen LogP contribution < -0.4 is 9.47 Å². The molecule has 0 unspecified atom stereocenters. The van der Waals surface area contributed by atoms with Gasteiger partial charge < -0.3 is 19.1 Å². The molecule has 1 aliphatic rings. The van der Waals surface area contributed by atoms with Crippen molar-refractivity contribution in [2.75, 3.05) is 33.9 Å². The molecule has 0 spiro atoms. The fraction of sp³-hybridized carbons (Fsp3) is 0.529. The number of hydrogen-bond acceptors (Lipinski definition) is 5. The van der Waals surface area contributed by atoms with Gasteiger partial charge in [0.2, 0.25) is 0 Å². The molecule has 0 bridgehead atoms. The summed E-state index contributed by atoms with van der Waals surface area (Å²) in [6.07, 6.45) is 4.28. The molecule has 6 nitrogen and oxygen atoms in total. The molecular weight excluding hydrogens is 378 g/mol. The molecule has 24 heavy (non-hydrogen) atoms. The Morgan fingerprint density at radius 1 is 1.04 bits per heavy atom. The molecule has 0 N–H and O–H groups in total. The van der Waals surface area contributed by atoms with E-state index in [-0.39, 0.29) is 18.1 Å². The number of hydrogen-bond donors (Lipinski definition) is 0. The van der Waals surface area contributed by atoms with Gasteiger partial charge in [-0.05, 0) is 40.9 Å². The van der Waals surface area contributed by atoms with E-state index in [9.17, 15) is 9.59 Å². The first-order chi connectivity index (χ1) is 11.6. The highest BCUT2D eigenvalue weighted by atomic mass is 79.9. The second-order valence-electron chi connectivity index (χ2n) is 5.57. The molecule has 1 aromatic carbocycles. The molecule has 0 aliphatic carbocycles. The number of esters is 1. The van der Waals surface area contributed by atoms with Gasteiger partial charge in [-0.25, -0.2) is 4.79 Å². The van der Waals surface area contributed by atoms with Crippen LogP contribution in [0.2, 0.25) is 0 Å². The minimum atomic E-state index is -0.581. The van der Waals surface area contributed by atoms with E-state index in [0.717, 1.165) is 38.8 Å². The highest BCUT2D eigenvalue weighted by Gasteiger charge is 2.19. The first-order valence-electron chi connectivity index (χ1n) is 7.93. The number of rotatable bonds is 5. The smallest absolute Gasteiger partial charge is 0.338 e. The lowest BCUT2D eigenvalue weighted by atomic mass is 10.2. The van der Waals surface area contributed by atoms with E-state index in [0.29, 0.717) is 16.0 Å². The molecule has 0 radical (unpaired) electrons. The number of methoxy groups -OCH3 is 2. The highest BCUT2D eigenvalue weighted by molar-refractivity contribution is 9.10. The third kappa shape index (κ3) is 4.63. The predicted octanol–water partition coefficient (Wildman–Crippen LogP) is 3.03. The molecule has 0 saturated carbocycles. The Hall–Kier alpha value is -1.76. The Bertz CT molecular complexity index is 572. The van der Waals surface area contributed by atoms with Gasteiger partial charge >= 0.3 is 5.97 Å². The topological polar surface area (TPSA) is 65.1 Å². The molecule has 1 amide bonds. The third-order valence-corrected chi connectivity index (χ3v) is 4.75. The second-order valence-corrected chi connectivity index (χ2v) is 6.36. The van der Waals surface area contributed by atoms with Crippen molar-refractivity contribution in [1.82, 2.24) is 4.90 Å². The Morgan fingerprint density at radius 2 is 1.58 bits per heavy atom. The molecule has 7 heteroatoms. The number of amides is 1. The van der Waals surface area contributed by atoms with Crippen molar-refractivity contribution >= 4 is 27.8 Å². The Balaban J connectivity index is 2.00.